The van der Waals surface area contributed by atoms with Gasteiger partial charge in [0.25, 0.3) is 5.79 Å². The van der Waals surface area contributed by atoms with Crippen molar-refractivity contribution >= 4 is 0 Å². The van der Waals surface area contributed by atoms with E-state index in [9.17, 15) is 13.2 Å². The topological polar surface area (TPSA) is 29.5 Å². The minimum atomic E-state index is -4.75. The molecule has 5 heteroatoms. The van der Waals surface area contributed by atoms with Crippen LogP contribution >= 0.6 is 0 Å². The molecule has 0 bridgehead atoms. The van der Waals surface area contributed by atoms with E-state index < -0.39 is 12.0 Å². The van der Waals surface area contributed by atoms with Gasteiger partial charge in [0.2, 0.25) is 0 Å². The minimum absolute atomic E-state index is 0.105. The summed E-state index contributed by atoms with van der Waals surface area (Å²) in [6.07, 6.45) is -2.48. The Morgan fingerprint density at radius 1 is 1.45 bits per heavy atom. The second kappa shape index (κ2) is 2.49. The zero-order valence-corrected chi connectivity index (χ0v) is 5.56. The van der Waals surface area contributed by atoms with Crippen molar-refractivity contribution in [2.24, 2.45) is 0 Å². The van der Waals surface area contributed by atoms with E-state index in [0.717, 1.165) is 0 Å². The van der Waals surface area contributed by atoms with Gasteiger partial charge in [0.1, 0.15) is 0 Å². The Hall–Kier alpha value is -0.550. The Morgan fingerprint density at radius 3 is 2.36 bits per heavy atom. The third-order valence-corrected chi connectivity index (χ3v) is 1.36. The molecule has 2 nitrogen and oxygen atoms in total. The summed E-state index contributed by atoms with van der Waals surface area (Å²) in [5, 5.41) is 8.77. The molecule has 11 heavy (non-hydrogen) atoms. The fourth-order valence-corrected chi connectivity index (χ4v) is 0.750. The summed E-state index contributed by atoms with van der Waals surface area (Å²) in [4.78, 5) is 0. The van der Waals surface area contributed by atoms with Crippen molar-refractivity contribution < 1.29 is 23.0 Å². The van der Waals surface area contributed by atoms with E-state index in [1.807, 2.05) is 0 Å². The average Bonchev–Trinajstić information content (AvgIpc) is 1.87. The molecular formula is C6H7F3O2. The fourth-order valence-electron chi connectivity index (χ4n) is 0.750. The molecule has 0 amide bonds. The van der Waals surface area contributed by atoms with Crippen LogP contribution in [-0.4, -0.2) is 23.7 Å². The van der Waals surface area contributed by atoms with E-state index in [-0.39, 0.29) is 6.61 Å². The molecular weight excluding hydrogens is 161 g/mol. The first-order valence-corrected chi connectivity index (χ1v) is 3.06. The number of halogens is 3. The van der Waals surface area contributed by atoms with Crippen LogP contribution in [0.3, 0.4) is 0 Å². The Morgan fingerprint density at radius 2 is 2.09 bits per heavy atom. The number of alkyl halides is 3. The van der Waals surface area contributed by atoms with Crippen LogP contribution in [0.15, 0.2) is 12.2 Å². The summed E-state index contributed by atoms with van der Waals surface area (Å²) in [6, 6.07) is 0. The molecule has 0 saturated heterocycles. The summed E-state index contributed by atoms with van der Waals surface area (Å²) in [5.41, 5.74) is 0. The number of hydrogen-bond acceptors (Lipinski definition) is 2. The van der Waals surface area contributed by atoms with Crippen LogP contribution in [0.4, 0.5) is 13.2 Å². The Balaban J connectivity index is 2.80. The molecule has 1 heterocycles. The van der Waals surface area contributed by atoms with Gasteiger partial charge in [-0.2, -0.15) is 13.2 Å². The molecule has 0 aromatic carbocycles. The van der Waals surface area contributed by atoms with Crippen molar-refractivity contribution in [2.45, 2.75) is 18.4 Å². The smallest absolute Gasteiger partial charge is 0.355 e. The highest BCUT2D eigenvalue weighted by atomic mass is 19.4. The van der Waals surface area contributed by atoms with Crippen molar-refractivity contribution in [2.75, 3.05) is 6.61 Å². The molecule has 1 N–H and O–H groups in total. The Labute approximate surface area is 61.3 Å². The first-order chi connectivity index (χ1) is 4.96. The molecule has 0 aromatic rings. The summed E-state index contributed by atoms with van der Waals surface area (Å²) < 4.78 is 39.9. The maximum absolute atomic E-state index is 11.9. The van der Waals surface area contributed by atoms with E-state index in [1.54, 1.807) is 0 Å². The standard InChI is InChI=1S/C6H7F3O2/c7-6(8,9)5(10)3-1-2-4-11-5/h1,3,10H,2,4H2. The Bertz CT molecular complexity index is 175. The van der Waals surface area contributed by atoms with Crippen molar-refractivity contribution in [3.05, 3.63) is 12.2 Å². The zero-order valence-electron chi connectivity index (χ0n) is 5.56. The van der Waals surface area contributed by atoms with Gasteiger partial charge in [0.15, 0.2) is 0 Å². The van der Waals surface area contributed by atoms with Crippen LogP contribution in [0.1, 0.15) is 6.42 Å². The minimum Gasteiger partial charge on any atom is -0.355 e. The SMILES string of the molecule is OC1(C(F)(F)F)C=CCCO1. The second-order valence-corrected chi connectivity index (χ2v) is 2.23. The fraction of sp³-hybridized carbons (Fsp3) is 0.667. The van der Waals surface area contributed by atoms with Gasteiger partial charge in [0.05, 0.1) is 6.61 Å². The summed E-state index contributed by atoms with van der Waals surface area (Å²) in [6.45, 7) is -0.105. The summed E-state index contributed by atoms with van der Waals surface area (Å²) >= 11 is 0. The maximum atomic E-state index is 11.9. The molecule has 0 aromatic heterocycles. The molecule has 0 saturated carbocycles. The number of hydrogen-bond donors (Lipinski definition) is 1. The molecule has 1 aliphatic rings. The molecule has 0 fully saturated rings. The largest absolute Gasteiger partial charge is 0.447 e. The lowest BCUT2D eigenvalue weighted by Crippen LogP contribution is -2.47. The van der Waals surface area contributed by atoms with E-state index in [4.69, 9.17) is 5.11 Å². The van der Waals surface area contributed by atoms with Gasteiger partial charge in [-0.25, -0.2) is 0 Å². The monoisotopic (exact) mass is 168 g/mol. The van der Waals surface area contributed by atoms with Gasteiger partial charge in [0, 0.05) is 0 Å². The van der Waals surface area contributed by atoms with Crippen molar-refractivity contribution in [3.8, 4) is 0 Å². The predicted octanol–water partition coefficient (Wildman–Crippen LogP) is 1.21. The van der Waals surface area contributed by atoms with Gasteiger partial charge in [-0.1, -0.05) is 6.08 Å². The van der Waals surface area contributed by atoms with E-state index >= 15 is 0 Å². The Kier molecular flexibility index (Phi) is 1.94. The molecule has 1 aliphatic heterocycles. The molecule has 1 unspecified atom stereocenters. The van der Waals surface area contributed by atoms with E-state index in [2.05, 4.69) is 4.74 Å². The number of rotatable bonds is 0. The number of ether oxygens (including phenoxy) is 1. The summed E-state index contributed by atoms with van der Waals surface area (Å²) in [5.74, 6) is -3.06. The lowest BCUT2D eigenvalue weighted by Gasteiger charge is -2.29. The molecule has 0 spiro atoms. The van der Waals surface area contributed by atoms with Crippen molar-refractivity contribution in [3.63, 3.8) is 0 Å². The molecule has 1 atom stereocenters. The van der Waals surface area contributed by atoms with Crippen LogP contribution in [0.25, 0.3) is 0 Å². The molecule has 0 radical (unpaired) electrons. The van der Waals surface area contributed by atoms with Gasteiger partial charge >= 0.3 is 6.18 Å². The van der Waals surface area contributed by atoms with Crippen LogP contribution in [0.5, 0.6) is 0 Å². The van der Waals surface area contributed by atoms with Crippen molar-refractivity contribution in [1.29, 1.82) is 0 Å². The molecule has 1 rings (SSSR count). The van der Waals surface area contributed by atoms with Crippen molar-refractivity contribution in [1.82, 2.24) is 0 Å². The van der Waals surface area contributed by atoms with Gasteiger partial charge in [-0.15, -0.1) is 0 Å². The van der Waals surface area contributed by atoms with E-state index in [1.165, 1.54) is 6.08 Å². The highest BCUT2D eigenvalue weighted by molar-refractivity contribution is 5.02. The normalized spacial score (nSPS) is 32.4. The highest BCUT2D eigenvalue weighted by Gasteiger charge is 2.54. The van der Waals surface area contributed by atoms with Gasteiger partial charge < -0.3 is 9.84 Å². The maximum Gasteiger partial charge on any atom is 0.447 e. The third kappa shape index (κ3) is 1.54. The molecule has 64 valence electrons. The van der Waals surface area contributed by atoms with Crippen LogP contribution < -0.4 is 0 Å². The second-order valence-electron chi connectivity index (χ2n) is 2.23. The lowest BCUT2D eigenvalue weighted by atomic mass is 10.2. The van der Waals surface area contributed by atoms with Crippen LogP contribution in [-0.2, 0) is 4.74 Å². The van der Waals surface area contributed by atoms with Crippen LogP contribution in [0.2, 0.25) is 0 Å². The average molecular weight is 168 g/mol. The van der Waals surface area contributed by atoms with Crippen LogP contribution in [0, 0.1) is 0 Å². The van der Waals surface area contributed by atoms with Gasteiger partial charge in [-0.05, 0) is 12.5 Å². The quantitative estimate of drug-likeness (QED) is 0.551. The first kappa shape index (κ1) is 8.55. The predicted molar refractivity (Wildman–Crippen MR) is 30.7 cm³/mol. The van der Waals surface area contributed by atoms with E-state index in [0.29, 0.717) is 12.5 Å². The zero-order chi connectivity index (χ0) is 8.54. The summed E-state index contributed by atoms with van der Waals surface area (Å²) in [7, 11) is 0. The third-order valence-electron chi connectivity index (χ3n) is 1.36. The number of aliphatic hydroxyl groups is 1. The molecule has 0 aliphatic carbocycles. The first-order valence-electron chi connectivity index (χ1n) is 3.06. The lowest BCUT2D eigenvalue weighted by molar-refractivity contribution is -0.343. The highest BCUT2D eigenvalue weighted by Crippen LogP contribution is 2.34. The van der Waals surface area contributed by atoms with Gasteiger partial charge in [-0.3, -0.25) is 0 Å².